The Morgan fingerprint density at radius 1 is 1.35 bits per heavy atom. The predicted molar refractivity (Wildman–Crippen MR) is 78.4 cm³/mol. The van der Waals surface area contributed by atoms with Gasteiger partial charge in [0, 0.05) is 18.3 Å². The molecule has 0 unspecified atom stereocenters. The van der Waals surface area contributed by atoms with Gasteiger partial charge in [-0.3, -0.25) is 4.57 Å². The minimum Gasteiger partial charge on any atom is -0.337 e. The Hall–Kier alpha value is -2.10. The third-order valence-electron chi connectivity index (χ3n) is 3.99. The van der Waals surface area contributed by atoms with Gasteiger partial charge in [-0.1, -0.05) is 37.3 Å². The molecule has 0 saturated heterocycles. The predicted octanol–water partition coefficient (Wildman–Crippen LogP) is 3.30. The normalized spacial score (nSPS) is 15.8. The number of benzene rings is 1. The van der Waals surface area contributed by atoms with Gasteiger partial charge in [0.1, 0.15) is 6.33 Å². The van der Waals surface area contributed by atoms with Crippen LogP contribution in [-0.4, -0.2) is 22.1 Å². The molecule has 3 rings (SSSR count). The Labute approximate surface area is 118 Å². The summed E-state index contributed by atoms with van der Waals surface area (Å²) in [4.78, 5) is 16.3. The molecular formula is C16H19N3O. The monoisotopic (exact) mass is 269 g/mol. The van der Waals surface area contributed by atoms with Gasteiger partial charge < -0.3 is 5.32 Å². The Bertz CT molecular complexity index is 599. The lowest BCUT2D eigenvalue weighted by Crippen LogP contribution is -2.29. The minimum atomic E-state index is -0.107. The Kier molecular flexibility index (Phi) is 3.30. The van der Waals surface area contributed by atoms with Crippen molar-refractivity contribution in [1.82, 2.24) is 14.9 Å². The maximum Gasteiger partial charge on any atom is 0.326 e. The number of rotatable bonds is 4. The van der Waals surface area contributed by atoms with E-state index in [4.69, 9.17) is 0 Å². The highest BCUT2D eigenvalue weighted by Gasteiger charge is 2.36. The lowest BCUT2D eigenvalue weighted by atomic mass is 10.1. The van der Waals surface area contributed by atoms with Crippen LogP contribution in [0.1, 0.15) is 26.2 Å². The molecule has 1 aromatic carbocycles. The third kappa shape index (κ3) is 2.90. The Morgan fingerprint density at radius 2 is 2.10 bits per heavy atom. The van der Waals surface area contributed by atoms with Gasteiger partial charge in [-0.2, -0.15) is 0 Å². The van der Waals surface area contributed by atoms with Crippen molar-refractivity contribution in [2.75, 3.05) is 6.54 Å². The number of hydrogen-bond donors (Lipinski definition) is 1. The molecule has 4 nitrogen and oxygen atoms in total. The van der Waals surface area contributed by atoms with Crippen LogP contribution in [0.2, 0.25) is 0 Å². The van der Waals surface area contributed by atoms with E-state index in [2.05, 4.69) is 17.2 Å². The maximum absolute atomic E-state index is 12.0. The van der Waals surface area contributed by atoms with E-state index in [1.54, 1.807) is 12.5 Å². The molecule has 1 aliphatic carbocycles. The number of hydrogen-bond acceptors (Lipinski definition) is 2. The van der Waals surface area contributed by atoms with Crippen molar-refractivity contribution in [3.63, 3.8) is 0 Å². The van der Waals surface area contributed by atoms with Crippen LogP contribution in [0.5, 0.6) is 0 Å². The fourth-order valence-electron chi connectivity index (χ4n) is 2.22. The molecule has 0 radical (unpaired) electrons. The fraction of sp³-hybridized carbons (Fsp3) is 0.375. The molecule has 1 aromatic heterocycles. The highest BCUT2D eigenvalue weighted by molar-refractivity contribution is 5.77. The number of imidazole rings is 1. The summed E-state index contributed by atoms with van der Waals surface area (Å²) in [6.45, 7) is 3.00. The molecule has 0 aliphatic heterocycles. The summed E-state index contributed by atoms with van der Waals surface area (Å²) >= 11 is 0. The number of amides is 1. The van der Waals surface area contributed by atoms with E-state index in [1.807, 2.05) is 30.3 Å². The van der Waals surface area contributed by atoms with Gasteiger partial charge in [0.15, 0.2) is 0 Å². The summed E-state index contributed by atoms with van der Waals surface area (Å²) in [5.41, 5.74) is 2.30. The van der Waals surface area contributed by atoms with Gasteiger partial charge in [-0.15, -0.1) is 0 Å². The van der Waals surface area contributed by atoms with Crippen LogP contribution >= 0.6 is 0 Å². The third-order valence-corrected chi connectivity index (χ3v) is 3.99. The van der Waals surface area contributed by atoms with Crippen molar-refractivity contribution in [1.29, 1.82) is 0 Å². The summed E-state index contributed by atoms with van der Waals surface area (Å²) in [6.07, 6.45) is 6.96. The van der Waals surface area contributed by atoms with Gasteiger partial charge in [0.05, 0.1) is 5.69 Å². The highest BCUT2D eigenvalue weighted by atomic mass is 16.2. The Morgan fingerprint density at radius 3 is 2.80 bits per heavy atom. The van der Waals surface area contributed by atoms with E-state index in [-0.39, 0.29) is 6.03 Å². The molecule has 1 saturated carbocycles. The van der Waals surface area contributed by atoms with Crippen LogP contribution in [0.15, 0.2) is 42.9 Å². The lowest BCUT2D eigenvalue weighted by Gasteiger charge is -2.09. The largest absolute Gasteiger partial charge is 0.337 e. The van der Waals surface area contributed by atoms with Crippen LogP contribution in [0.25, 0.3) is 11.3 Å². The second-order valence-corrected chi connectivity index (χ2v) is 5.82. The minimum absolute atomic E-state index is 0.107. The fourth-order valence-corrected chi connectivity index (χ4v) is 2.22. The SMILES string of the molecule is CC1(CCNC(=O)n2cnc(-c3ccccc3)c2)CC1. The average Bonchev–Trinajstić information content (AvgIpc) is 3.02. The van der Waals surface area contributed by atoms with E-state index < -0.39 is 0 Å². The molecule has 0 bridgehead atoms. The standard InChI is InChI=1S/C16H19N3O/c1-16(7-8-16)9-10-17-15(20)19-11-14(18-12-19)13-5-3-2-4-6-13/h2-6,11-12H,7-10H2,1H3,(H,17,20). The van der Waals surface area contributed by atoms with Gasteiger partial charge in [-0.25, -0.2) is 9.78 Å². The molecule has 104 valence electrons. The van der Waals surface area contributed by atoms with Gasteiger partial charge in [-0.05, 0) is 24.7 Å². The van der Waals surface area contributed by atoms with Gasteiger partial charge >= 0.3 is 6.03 Å². The van der Waals surface area contributed by atoms with E-state index in [1.165, 1.54) is 17.4 Å². The quantitative estimate of drug-likeness (QED) is 0.925. The zero-order valence-corrected chi connectivity index (χ0v) is 11.7. The van der Waals surface area contributed by atoms with Crippen LogP contribution in [-0.2, 0) is 0 Å². The number of carbonyl (C=O) groups is 1. The molecule has 1 heterocycles. The molecule has 20 heavy (non-hydrogen) atoms. The first-order valence-corrected chi connectivity index (χ1v) is 7.04. The first kappa shape index (κ1) is 12.9. The lowest BCUT2D eigenvalue weighted by molar-refractivity contribution is 0.241. The zero-order chi connectivity index (χ0) is 14.0. The second-order valence-electron chi connectivity index (χ2n) is 5.82. The topological polar surface area (TPSA) is 46.9 Å². The van der Waals surface area contributed by atoms with E-state index in [9.17, 15) is 4.79 Å². The second kappa shape index (κ2) is 5.12. The van der Waals surface area contributed by atoms with Gasteiger partial charge in [0.2, 0.25) is 0 Å². The number of aromatic nitrogens is 2. The summed E-state index contributed by atoms with van der Waals surface area (Å²) in [7, 11) is 0. The highest BCUT2D eigenvalue weighted by Crippen LogP contribution is 2.47. The smallest absolute Gasteiger partial charge is 0.326 e. The van der Waals surface area contributed by atoms with Crippen LogP contribution in [0.4, 0.5) is 4.79 Å². The summed E-state index contributed by atoms with van der Waals surface area (Å²) < 4.78 is 1.51. The molecule has 1 N–H and O–H groups in total. The summed E-state index contributed by atoms with van der Waals surface area (Å²) in [5, 5.41) is 2.94. The van der Waals surface area contributed by atoms with E-state index in [0.29, 0.717) is 5.41 Å². The molecule has 1 amide bonds. The molecule has 0 atom stereocenters. The number of carbonyl (C=O) groups excluding carboxylic acids is 1. The van der Waals surface area contributed by atoms with Crippen LogP contribution in [0.3, 0.4) is 0 Å². The molecule has 4 heteroatoms. The van der Waals surface area contributed by atoms with Gasteiger partial charge in [0.25, 0.3) is 0 Å². The molecule has 0 spiro atoms. The van der Waals surface area contributed by atoms with Crippen LogP contribution in [0, 0.1) is 5.41 Å². The van der Waals surface area contributed by atoms with Crippen molar-refractivity contribution < 1.29 is 4.79 Å². The van der Waals surface area contributed by atoms with Crippen LogP contribution < -0.4 is 5.32 Å². The molecule has 1 aliphatic rings. The van der Waals surface area contributed by atoms with Crippen molar-refractivity contribution >= 4 is 6.03 Å². The zero-order valence-electron chi connectivity index (χ0n) is 11.7. The Balaban J connectivity index is 1.60. The summed E-state index contributed by atoms with van der Waals surface area (Å²) in [5.74, 6) is 0. The summed E-state index contributed by atoms with van der Waals surface area (Å²) in [6, 6.07) is 9.75. The number of nitrogens with one attached hydrogen (secondary N) is 1. The first-order valence-electron chi connectivity index (χ1n) is 7.04. The maximum atomic E-state index is 12.0. The number of nitrogens with zero attached hydrogens (tertiary/aromatic N) is 2. The average molecular weight is 269 g/mol. The van der Waals surface area contributed by atoms with E-state index >= 15 is 0 Å². The van der Waals surface area contributed by atoms with Crippen molar-refractivity contribution in [2.24, 2.45) is 5.41 Å². The molecule has 2 aromatic rings. The van der Waals surface area contributed by atoms with E-state index in [0.717, 1.165) is 24.2 Å². The van der Waals surface area contributed by atoms with Crippen molar-refractivity contribution in [2.45, 2.75) is 26.2 Å². The van der Waals surface area contributed by atoms with Crippen molar-refractivity contribution in [3.8, 4) is 11.3 Å². The first-order chi connectivity index (χ1) is 9.66. The van der Waals surface area contributed by atoms with Crippen molar-refractivity contribution in [3.05, 3.63) is 42.9 Å². The molecular weight excluding hydrogens is 250 g/mol. The molecule has 1 fully saturated rings.